The van der Waals surface area contributed by atoms with Gasteiger partial charge in [0, 0.05) is 26.3 Å². The van der Waals surface area contributed by atoms with Crippen LogP contribution in [-0.2, 0) is 17.1 Å². The molecular weight excluding hydrogens is 422 g/mol. The fourth-order valence-electron chi connectivity index (χ4n) is 2.79. The summed E-state index contributed by atoms with van der Waals surface area (Å²) in [7, 11) is -2.24. The van der Waals surface area contributed by atoms with E-state index in [1.54, 1.807) is 18.3 Å². The van der Waals surface area contributed by atoms with Gasteiger partial charge in [0.15, 0.2) is 11.4 Å². The molecule has 0 spiro atoms. The Bertz CT molecular complexity index is 1350. The Balaban J connectivity index is 1.32. The van der Waals surface area contributed by atoms with Crippen LogP contribution in [0.2, 0.25) is 0 Å². The van der Waals surface area contributed by atoms with Gasteiger partial charge in [-0.15, -0.1) is 10.2 Å². The minimum absolute atomic E-state index is 0.0427. The van der Waals surface area contributed by atoms with Gasteiger partial charge in [-0.05, 0) is 42.5 Å². The number of pyridine rings is 1. The van der Waals surface area contributed by atoms with Crippen LogP contribution in [0.5, 0.6) is 0 Å². The van der Waals surface area contributed by atoms with Gasteiger partial charge in [0.05, 0.1) is 10.4 Å². The van der Waals surface area contributed by atoms with Crippen molar-refractivity contribution in [3.05, 3.63) is 65.3 Å². The van der Waals surface area contributed by atoms with E-state index in [2.05, 4.69) is 30.5 Å². The SMILES string of the molecule is Cn1c(=O)oc2ccc(S(=O)(=O)NCCNc3ccc(Nc4ccccn4)nn3)cc21. The van der Waals surface area contributed by atoms with Crippen molar-refractivity contribution < 1.29 is 12.8 Å². The predicted octanol–water partition coefficient (Wildman–Crippen LogP) is 1.45. The van der Waals surface area contributed by atoms with Gasteiger partial charge in [0.2, 0.25) is 10.0 Å². The van der Waals surface area contributed by atoms with E-state index in [1.165, 1.54) is 29.8 Å². The number of anilines is 3. The molecule has 0 fully saturated rings. The average Bonchev–Trinajstić information content (AvgIpc) is 3.06. The third-order valence-electron chi connectivity index (χ3n) is 4.38. The summed E-state index contributed by atoms with van der Waals surface area (Å²) >= 11 is 0. The van der Waals surface area contributed by atoms with Crippen molar-refractivity contribution in [1.82, 2.24) is 24.5 Å². The molecule has 0 saturated carbocycles. The molecule has 0 aliphatic heterocycles. The molecule has 0 aliphatic rings. The van der Waals surface area contributed by atoms with Crippen molar-refractivity contribution in [2.24, 2.45) is 7.05 Å². The number of nitrogens with one attached hydrogen (secondary N) is 3. The summed E-state index contributed by atoms with van der Waals surface area (Å²) in [6.45, 7) is 0.424. The molecule has 0 unspecified atom stereocenters. The summed E-state index contributed by atoms with van der Waals surface area (Å²) in [5.74, 6) is 1.14. The molecule has 0 bridgehead atoms. The summed E-state index contributed by atoms with van der Waals surface area (Å²) < 4.78 is 33.8. The zero-order valence-corrected chi connectivity index (χ0v) is 17.3. The van der Waals surface area contributed by atoms with Gasteiger partial charge in [0.1, 0.15) is 11.6 Å². The Kier molecular flexibility index (Phi) is 5.64. The number of aryl methyl sites for hydroxylation is 1. The molecule has 0 amide bonds. The van der Waals surface area contributed by atoms with Crippen molar-refractivity contribution in [2.45, 2.75) is 4.90 Å². The first-order valence-corrected chi connectivity index (χ1v) is 10.8. The van der Waals surface area contributed by atoms with Gasteiger partial charge in [0.25, 0.3) is 0 Å². The summed E-state index contributed by atoms with van der Waals surface area (Å²) in [5, 5.41) is 14.1. The van der Waals surface area contributed by atoms with Gasteiger partial charge >= 0.3 is 5.76 Å². The van der Waals surface area contributed by atoms with E-state index >= 15 is 0 Å². The van der Waals surface area contributed by atoms with Crippen molar-refractivity contribution >= 4 is 38.6 Å². The van der Waals surface area contributed by atoms with Crippen LogP contribution in [0.3, 0.4) is 0 Å². The van der Waals surface area contributed by atoms with E-state index in [4.69, 9.17) is 4.42 Å². The summed E-state index contributed by atoms with van der Waals surface area (Å²) in [4.78, 5) is 15.8. The Hall–Kier alpha value is -3.77. The number of aromatic nitrogens is 4. The molecule has 31 heavy (non-hydrogen) atoms. The molecule has 3 heterocycles. The fraction of sp³-hybridized carbons (Fsp3) is 0.158. The van der Waals surface area contributed by atoms with E-state index in [0.29, 0.717) is 35.1 Å². The lowest BCUT2D eigenvalue weighted by Crippen LogP contribution is -2.29. The second kappa shape index (κ2) is 8.53. The first kappa shape index (κ1) is 20.5. The molecule has 12 heteroatoms. The molecule has 1 aromatic carbocycles. The maximum atomic E-state index is 12.5. The van der Waals surface area contributed by atoms with Gasteiger partial charge in [-0.3, -0.25) is 4.57 Å². The maximum Gasteiger partial charge on any atom is 0.419 e. The van der Waals surface area contributed by atoms with E-state index in [1.807, 2.05) is 18.2 Å². The summed E-state index contributed by atoms with van der Waals surface area (Å²) in [5.41, 5.74) is 0.730. The second-order valence-electron chi connectivity index (χ2n) is 6.52. The van der Waals surface area contributed by atoms with Crippen LogP contribution < -0.4 is 21.1 Å². The van der Waals surface area contributed by atoms with Crippen LogP contribution in [0.25, 0.3) is 11.1 Å². The lowest BCUT2D eigenvalue weighted by atomic mass is 10.3. The standard InChI is InChI=1S/C19H19N7O4S/c1-26-14-12-13(5-6-15(14)30-19(26)27)31(28,29)22-11-10-21-17-7-8-18(25-24-17)23-16-4-2-3-9-20-16/h2-9,12,22H,10-11H2,1H3,(H,21,24)(H,20,23,25). The summed E-state index contributed by atoms with van der Waals surface area (Å²) in [6, 6.07) is 13.2. The minimum Gasteiger partial charge on any atom is -0.408 e. The van der Waals surface area contributed by atoms with Gasteiger partial charge in [-0.1, -0.05) is 6.07 Å². The van der Waals surface area contributed by atoms with E-state index in [-0.39, 0.29) is 11.4 Å². The predicted molar refractivity (Wildman–Crippen MR) is 115 cm³/mol. The fourth-order valence-corrected chi connectivity index (χ4v) is 3.85. The smallest absolute Gasteiger partial charge is 0.408 e. The Morgan fingerprint density at radius 1 is 1.00 bits per heavy atom. The lowest BCUT2D eigenvalue weighted by Gasteiger charge is -2.09. The molecular formula is C19H19N7O4S. The zero-order chi connectivity index (χ0) is 21.8. The van der Waals surface area contributed by atoms with Gasteiger partial charge in [-0.2, -0.15) is 0 Å². The summed E-state index contributed by atoms with van der Waals surface area (Å²) in [6.07, 6.45) is 1.67. The maximum absolute atomic E-state index is 12.5. The monoisotopic (exact) mass is 441 g/mol. The number of sulfonamides is 1. The molecule has 0 saturated heterocycles. The van der Waals surface area contributed by atoms with E-state index in [9.17, 15) is 13.2 Å². The third kappa shape index (κ3) is 4.70. The average molecular weight is 441 g/mol. The van der Waals surface area contributed by atoms with Gasteiger partial charge in [-0.25, -0.2) is 22.9 Å². The highest BCUT2D eigenvalue weighted by molar-refractivity contribution is 7.89. The van der Waals surface area contributed by atoms with Crippen LogP contribution >= 0.6 is 0 Å². The van der Waals surface area contributed by atoms with Crippen LogP contribution in [-0.4, -0.2) is 41.3 Å². The quantitative estimate of drug-likeness (QED) is 0.346. The van der Waals surface area contributed by atoms with E-state index < -0.39 is 15.8 Å². The molecule has 160 valence electrons. The van der Waals surface area contributed by atoms with Crippen LogP contribution in [0.1, 0.15) is 0 Å². The molecule has 0 aliphatic carbocycles. The molecule has 4 rings (SSSR count). The molecule has 4 aromatic rings. The normalized spacial score (nSPS) is 11.5. The molecule has 11 nitrogen and oxygen atoms in total. The van der Waals surface area contributed by atoms with Crippen molar-refractivity contribution in [3.63, 3.8) is 0 Å². The van der Waals surface area contributed by atoms with E-state index in [0.717, 1.165) is 0 Å². The van der Waals surface area contributed by atoms with Crippen LogP contribution in [0.15, 0.2) is 68.8 Å². The number of benzene rings is 1. The number of hydrogen-bond donors (Lipinski definition) is 3. The molecule has 0 radical (unpaired) electrons. The zero-order valence-electron chi connectivity index (χ0n) is 16.4. The van der Waals surface area contributed by atoms with Crippen LogP contribution in [0, 0.1) is 0 Å². The Morgan fingerprint density at radius 3 is 2.55 bits per heavy atom. The molecule has 3 N–H and O–H groups in total. The first-order chi connectivity index (χ1) is 14.9. The highest BCUT2D eigenvalue weighted by Gasteiger charge is 2.16. The third-order valence-corrected chi connectivity index (χ3v) is 5.84. The Morgan fingerprint density at radius 2 is 1.81 bits per heavy atom. The lowest BCUT2D eigenvalue weighted by molar-refractivity contribution is 0.528. The highest BCUT2D eigenvalue weighted by Crippen LogP contribution is 2.17. The van der Waals surface area contributed by atoms with Crippen LogP contribution in [0.4, 0.5) is 17.5 Å². The minimum atomic E-state index is -3.75. The number of oxazole rings is 1. The number of nitrogens with zero attached hydrogens (tertiary/aromatic N) is 4. The number of fused-ring (bicyclic) bond motifs is 1. The first-order valence-electron chi connectivity index (χ1n) is 9.27. The van der Waals surface area contributed by atoms with Crippen molar-refractivity contribution in [2.75, 3.05) is 23.7 Å². The molecule has 3 aromatic heterocycles. The van der Waals surface area contributed by atoms with Gasteiger partial charge < -0.3 is 15.1 Å². The van der Waals surface area contributed by atoms with Crippen molar-refractivity contribution in [3.8, 4) is 0 Å². The number of hydrogen-bond acceptors (Lipinski definition) is 9. The largest absolute Gasteiger partial charge is 0.419 e. The molecule has 0 atom stereocenters. The topological polar surface area (TPSA) is 144 Å². The van der Waals surface area contributed by atoms with Crippen molar-refractivity contribution in [1.29, 1.82) is 0 Å². The highest BCUT2D eigenvalue weighted by atomic mass is 32.2. The Labute approximate surface area is 177 Å². The number of rotatable bonds is 8. The second-order valence-corrected chi connectivity index (χ2v) is 8.29.